The summed E-state index contributed by atoms with van der Waals surface area (Å²) in [6.45, 7) is 6.39. The van der Waals surface area contributed by atoms with E-state index in [4.69, 9.17) is 9.47 Å². The van der Waals surface area contributed by atoms with E-state index < -0.39 is 0 Å². The van der Waals surface area contributed by atoms with Crippen molar-refractivity contribution in [3.8, 4) is 11.5 Å². The zero-order chi connectivity index (χ0) is 20.6. The lowest BCUT2D eigenvalue weighted by atomic mass is 10.1. The molecule has 29 heavy (non-hydrogen) atoms. The van der Waals surface area contributed by atoms with Gasteiger partial charge in [-0.3, -0.25) is 4.79 Å². The second-order valence-corrected chi connectivity index (χ2v) is 7.78. The van der Waals surface area contributed by atoms with Crippen molar-refractivity contribution in [2.75, 3.05) is 54.0 Å². The number of methoxy groups -OCH3 is 2. The lowest BCUT2D eigenvalue weighted by Crippen LogP contribution is -3.28. The third-order valence-corrected chi connectivity index (χ3v) is 5.66. The minimum absolute atomic E-state index is 0.215. The van der Waals surface area contributed by atoms with Crippen molar-refractivity contribution in [3.05, 3.63) is 59.7 Å². The van der Waals surface area contributed by atoms with E-state index in [1.165, 1.54) is 16.0 Å². The van der Waals surface area contributed by atoms with Crippen molar-refractivity contribution in [1.82, 2.24) is 4.90 Å². The number of hydrogen-bond donors (Lipinski definition) is 2. The molecule has 156 valence electrons. The summed E-state index contributed by atoms with van der Waals surface area (Å²) in [7, 11) is 5.22. The molecular formula is C23H33N3O3+2. The van der Waals surface area contributed by atoms with Crippen LogP contribution in [0.1, 0.15) is 11.1 Å². The maximum atomic E-state index is 12.6. The van der Waals surface area contributed by atoms with Crippen LogP contribution in [-0.2, 0) is 17.9 Å². The highest BCUT2D eigenvalue weighted by Gasteiger charge is 2.26. The third kappa shape index (κ3) is 5.95. The summed E-state index contributed by atoms with van der Waals surface area (Å²) >= 11 is 0. The number of ether oxygens (including phenoxy) is 2. The summed E-state index contributed by atoms with van der Waals surface area (Å²) in [6.07, 6.45) is 0. The molecule has 0 radical (unpaired) electrons. The largest absolute Gasteiger partial charge is 0.493 e. The summed E-state index contributed by atoms with van der Waals surface area (Å²) in [5.41, 5.74) is 2.42. The number of benzene rings is 2. The highest BCUT2D eigenvalue weighted by atomic mass is 16.5. The number of quaternary nitrogens is 2. The molecule has 1 heterocycles. The lowest BCUT2D eigenvalue weighted by Gasteiger charge is -2.30. The van der Waals surface area contributed by atoms with Crippen LogP contribution in [0.3, 0.4) is 0 Å². The zero-order valence-corrected chi connectivity index (χ0v) is 17.7. The standard InChI is InChI=1S/C23H31N3O3/c1-24(16-19-7-5-4-6-8-19)23(27)18-26-13-11-25(12-14-26)17-20-9-10-21(28-2)22(15-20)29-3/h4-10,15H,11-14,16-18H2,1-3H3/p+2. The van der Waals surface area contributed by atoms with Crippen LogP contribution in [0.4, 0.5) is 0 Å². The molecule has 0 aliphatic carbocycles. The summed E-state index contributed by atoms with van der Waals surface area (Å²) in [5, 5.41) is 0. The first kappa shape index (κ1) is 21.1. The zero-order valence-electron chi connectivity index (χ0n) is 17.7. The predicted molar refractivity (Wildman–Crippen MR) is 112 cm³/mol. The van der Waals surface area contributed by atoms with Crippen LogP contribution in [0.2, 0.25) is 0 Å². The van der Waals surface area contributed by atoms with Crippen molar-refractivity contribution in [1.29, 1.82) is 0 Å². The topological polar surface area (TPSA) is 47.7 Å². The van der Waals surface area contributed by atoms with E-state index in [0.717, 1.165) is 44.2 Å². The van der Waals surface area contributed by atoms with Gasteiger partial charge in [0.05, 0.1) is 14.2 Å². The van der Waals surface area contributed by atoms with E-state index in [2.05, 4.69) is 24.3 Å². The second kappa shape index (κ2) is 10.3. The maximum Gasteiger partial charge on any atom is 0.277 e. The molecule has 1 amide bonds. The van der Waals surface area contributed by atoms with Gasteiger partial charge in [0.2, 0.25) is 0 Å². The van der Waals surface area contributed by atoms with Gasteiger partial charge in [0.15, 0.2) is 18.0 Å². The Bertz CT molecular complexity index is 789. The Hall–Kier alpha value is -2.57. The molecule has 0 aromatic heterocycles. The maximum absolute atomic E-state index is 12.6. The van der Waals surface area contributed by atoms with Crippen LogP contribution < -0.4 is 19.3 Å². The molecule has 1 saturated heterocycles. The average Bonchev–Trinajstić information content (AvgIpc) is 2.75. The van der Waals surface area contributed by atoms with Crippen molar-refractivity contribution in [2.24, 2.45) is 0 Å². The molecule has 0 atom stereocenters. The molecule has 2 aromatic rings. The number of carbonyl (C=O) groups is 1. The number of hydrogen-bond acceptors (Lipinski definition) is 3. The molecule has 1 aliphatic heterocycles. The number of piperazine rings is 1. The Morgan fingerprint density at radius 2 is 1.55 bits per heavy atom. The summed E-state index contributed by atoms with van der Waals surface area (Å²) in [5.74, 6) is 1.76. The molecule has 2 N–H and O–H groups in total. The van der Waals surface area contributed by atoms with Gasteiger partial charge < -0.3 is 24.2 Å². The van der Waals surface area contributed by atoms with Gasteiger partial charge in [-0.15, -0.1) is 0 Å². The average molecular weight is 400 g/mol. The molecule has 0 spiro atoms. The first-order valence-electron chi connectivity index (χ1n) is 10.2. The number of carbonyl (C=O) groups excluding carboxylic acids is 1. The molecule has 0 saturated carbocycles. The van der Waals surface area contributed by atoms with Gasteiger partial charge in [0, 0.05) is 19.2 Å². The van der Waals surface area contributed by atoms with Crippen LogP contribution in [0.5, 0.6) is 11.5 Å². The van der Waals surface area contributed by atoms with Gasteiger partial charge in [-0.2, -0.15) is 0 Å². The Labute approximate surface area is 173 Å². The van der Waals surface area contributed by atoms with Crippen molar-refractivity contribution in [3.63, 3.8) is 0 Å². The predicted octanol–water partition coefficient (Wildman–Crippen LogP) is -0.354. The SMILES string of the molecule is COc1ccc(C[NH+]2CC[NH+](CC(=O)N(C)Cc3ccccc3)CC2)cc1OC. The first-order chi connectivity index (χ1) is 14.1. The van der Waals surface area contributed by atoms with Crippen LogP contribution in [-0.4, -0.2) is 64.8 Å². The molecule has 0 bridgehead atoms. The first-order valence-corrected chi connectivity index (χ1v) is 10.2. The summed E-state index contributed by atoms with van der Waals surface area (Å²) in [4.78, 5) is 17.4. The Morgan fingerprint density at radius 3 is 2.21 bits per heavy atom. The van der Waals surface area contributed by atoms with E-state index >= 15 is 0 Å². The Kier molecular flexibility index (Phi) is 7.49. The fourth-order valence-electron chi connectivity index (χ4n) is 3.88. The smallest absolute Gasteiger partial charge is 0.277 e. The molecule has 1 fully saturated rings. The van der Waals surface area contributed by atoms with Crippen molar-refractivity contribution < 1.29 is 24.1 Å². The van der Waals surface area contributed by atoms with Crippen LogP contribution >= 0.6 is 0 Å². The molecule has 6 heteroatoms. The third-order valence-electron chi connectivity index (χ3n) is 5.66. The Morgan fingerprint density at radius 1 is 0.897 bits per heavy atom. The number of nitrogens with zero attached hydrogens (tertiary/aromatic N) is 1. The number of rotatable bonds is 8. The number of likely N-dealkylation sites (N-methyl/N-ethyl adjacent to an activating group) is 1. The van der Waals surface area contributed by atoms with Crippen molar-refractivity contribution >= 4 is 5.91 Å². The van der Waals surface area contributed by atoms with E-state index in [-0.39, 0.29) is 5.91 Å². The van der Waals surface area contributed by atoms with Crippen LogP contribution in [0, 0.1) is 0 Å². The molecule has 2 aromatic carbocycles. The van der Waals surface area contributed by atoms with Gasteiger partial charge >= 0.3 is 0 Å². The van der Waals surface area contributed by atoms with Gasteiger partial charge in [-0.25, -0.2) is 0 Å². The minimum Gasteiger partial charge on any atom is -0.493 e. The van der Waals surface area contributed by atoms with Gasteiger partial charge in [-0.1, -0.05) is 30.3 Å². The van der Waals surface area contributed by atoms with E-state index in [0.29, 0.717) is 13.1 Å². The van der Waals surface area contributed by atoms with Crippen LogP contribution in [0.15, 0.2) is 48.5 Å². The molecular weight excluding hydrogens is 366 g/mol. The van der Waals surface area contributed by atoms with E-state index in [9.17, 15) is 4.79 Å². The Balaban J connectivity index is 1.45. The van der Waals surface area contributed by atoms with E-state index in [1.54, 1.807) is 19.1 Å². The second-order valence-electron chi connectivity index (χ2n) is 7.78. The van der Waals surface area contributed by atoms with Gasteiger partial charge in [-0.05, 0) is 23.8 Å². The fourth-order valence-corrected chi connectivity index (χ4v) is 3.88. The summed E-state index contributed by atoms with van der Waals surface area (Å²) < 4.78 is 10.7. The normalized spacial score (nSPS) is 18.9. The van der Waals surface area contributed by atoms with Gasteiger partial charge in [0.1, 0.15) is 32.7 Å². The highest BCUT2D eigenvalue weighted by molar-refractivity contribution is 5.76. The fraction of sp³-hybridized carbons (Fsp3) is 0.435. The molecule has 6 nitrogen and oxygen atoms in total. The molecule has 1 aliphatic rings. The number of amides is 1. The van der Waals surface area contributed by atoms with Crippen molar-refractivity contribution in [2.45, 2.75) is 13.1 Å². The van der Waals surface area contributed by atoms with Gasteiger partial charge in [0.25, 0.3) is 5.91 Å². The summed E-state index contributed by atoms with van der Waals surface area (Å²) in [6, 6.07) is 16.3. The quantitative estimate of drug-likeness (QED) is 0.638. The lowest BCUT2D eigenvalue weighted by molar-refractivity contribution is -1.02. The molecule has 0 unspecified atom stereocenters. The highest BCUT2D eigenvalue weighted by Crippen LogP contribution is 2.27. The monoisotopic (exact) mass is 399 g/mol. The van der Waals surface area contributed by atoms with E-state index in [1.807, 2.05) is 36.2 Å². The van der Waals surface area contributed by atoms with Crippen LogP contribution in [0.25, 0.3) is 0 Å². The molecule has 3 rings (SSSR count). The number of nitrogens with one attached hydrogen (secondary N) is 2. The minimum atomic E-state index is 0.215.